The number of fused-ring (bicyclic) bond motifs is 5. The number of aliphatic imine (C=N–C) groups is 1. The minimum atomic E-state index is -0.0637. The Labute approximate surface area is 318 Å². The van der Waals surface area contributed by atoms with E-state index in [-0.39, 0.29) is 6.04 Å². The molecule has 0 fully saturated rings. The third-order valence-electron chi connectivity index (χ3n) is 10.6. The molecule has 2 atom stereocenters. The number of nitrogens with zero attached hydrogens (tertiary/aromatic N) is 3. The number of allylic oxidation sites excluding steroid dienone is 4. The normalized spacial score (nSPS) is 16.9. The lowest BCUT2D eigenvalue weighted by Crippen LogP contribution is -2.31. The first-order valence-electron chi connectivity index (χ1n) is 18.5. The molecule has 0 radical (unpaired) electrons. The molecule has 5 aromatic carbocycles. The fraction of sp³-hybridized carbons (Fsp3) is 0.0816. The van der Waals surface area contributed by atoms with Gasteiger partial charge in [0.2, 0.25) is 0 Å². The molecule has 0 saturated heterocycles. The lowest BCUT2D eigenvalue weighted by Gasteiger charge is -2.28. The number of pyridine rings is 2. The van der Waals surface area contributed by atoms with Crippen molar-refractivity contribution in [1.82, 2.24) is 15.3 Å². The molecule has 0 aliphatic carbocycles. The van der Waals surface area contributed by atoms with E-state index in [1.54, 1.807) is 0 Å². The first kappa shape index (κ1) is 32.2. The van der Waals surface area contributed by atoms with Crippen LogP contribution in [0.1, 0.15) is 30.6 Å². The monoisotopic (exact) mass is 712 g/mol. The predicted octanol–water partition coefficient (Wildman–Crippen LogP) is 12.6. The maximum Gasteiger partial charge on any atom is 0.0888 e. The Morgan fingerprint density at radius 1 is 0.667 bits per heavy atom. The zero-order valence-electron chi connectivity index (χ0n) is 29.8. The number of thiophene rings is 1. The molecule has 3 aromatic heterocycles. The van der Waals surface area contributed by atoms with E-state index in [4.69, 9.17) is 15.0 Å². The highest BCUT2D eigenvalue weighted by Gasteiger charge is 2.24. The second-order valence-corrected chi connectivity index (χ2v) is 15.2. The van der Waals surface area contributed by atoms with Gasteiger partial charge in [-0.05, 0) is 88.4 Å². The molecule has 0 amide bonds. The van der Waals surface area contributed by atoms with E-state index in [2.05, 4.69) is 158 Å². The number of nitrogens with one attached hydrogen (secondary N) is 1. The van der Waals surface area contributed by atoms with Crippen LogP contribution in [0.3, 0.4) is 0 Å². The number of dihydropyridines is 1. The molecule has 0 spiro atoms. The molecule has 258 valence electrons. The van der Waals surface area contributed by atoms with Gasteiger partial charge in [-0.25, -0.2) is 4.98 Å². The van der Waals surface area contributed by atoms with Crippen molar-refractivity contribution < 1.29 is 0 Å². The minimum Gasteiger partial charge on any atom is -0.372 e. The third-order valence-corrected chi connectivity index (χ3v) is 11.8. The van der Waals surface area contributed by atoms with Crippen LogP contribution in [0.2, 0.25) is 0 Å². The minimum absolute atomic E-state index is 0.0637. The zero-order valence-corrected chi connectivity index (χ0v) is 30.6. The number of hydrogen-bond donors (Lipinski definition) is 1. The van der Waals surface area contributed by atoms with E-state index >= 15 is 0 Å². The highest BCUT2D eigenvalue weighted by Crippen LogP contribution is 2.43. The Morgan fingerprint density at radius 2 is 1.39 bits per heavy atom. The predicted molar refractivity (Wildman–Crippen MR) is 227 cm³/mol. The molecule has 8 aromatic rings. The lowest BCUT2D eigenvalue weighted by molar-refractivity contribution is 0.687. The van der Waals surface area contributed by atoms with Crippen molar-refractivity contribution in [2.45, 2.75) is 19.4 Å². The summed E-state index contributed by atoms with van der Waals surface area (Å²) in [5.74, 6) is 0.331. The molecule has 2 aliphatic heterocycles. The van der Waals surface area contributed by atoms with Gasteiger partial charge in [-0.15, -0.1) is 11.3 Å². The van der Waals surface area contributed by atoms with E-state index in [0.717, 1.165) is 62.6 Å². The average molecular weight is 713 g/mol. The summed E-state index contributed by atoms with van der Waals surface area (Å²) in [7, 11) is 0. The fourth-order valence-electron chi connectivity index (χ4n) is 7.87. The maximum atomic E-state index is 5.35. The summed E-state index contributed by atoms with van der Waals surface area (Å²) in [4.78, 5) is 14.9. The Kier molecular flexibility index (Phi) is 8.07. The van der Waals surface area contributed by atoms with Crippen molar-refractivity contribution in [3.8, 4) is 33.5 Å². The van der Waals surface area contributed by atoms with E-state index in [1.165, 1.54) is 36.7 Å². The summed E-state index contributed by atoms with van der Waals surface area (Å²) in [6.07, 6.45) is 11.4. The van der Waals surface area contributed by atoms with Crippen LogP contribution in [0.5, 0.6) is 0 Å². The van der Waals surface area contributed by atoms with Crippen LogP contribution in [0, 0.1) is 5.92 Å². The van der Waals surface area contributed by atoms with E-state index in [0.29, 0.717) is 5.92 Å². The molecule has 1 N–H and O–H groups in total. The molecular formula is C49H36N4S. The molecule has 5 heteroatoms. The van der Waals surface area contributed by atoms with Crippen LogP contribution >= 0.6 is 11.3 Å². The van der Waals surface area contributed by atoms with Gasteiger partial charge in [0.1, 0.15) is 0 Å². The summed E-state index contributed by atoms with van der Waals surface area (Å²) in [6, 6.07) is 49.8. The van der Waals surface area contributed by atoms with Crippen molar-refractivity contribution in [3.05, 3.63) is 187 Å². The van der Waals surface area contributed by atoms with E-state index < -0.39 is 0 Å². The molecule has 10 rings (SSSR count). The molecular weight excluding hydrogens is 677 g/mol. The van der Waals surface area contributed by atoms with Gasteiger partial charge in [0.05, 0.1) is 39.1 Å². The van der Waals surface area contributed by atoms with Crippen molar-refractivity contribution in [2.75, 3.05) is 0 Å². The highest BCUT2D eigenvalue weighted by molar-refractivity contribution is 7.26. The third kappa shape index (κ3) is 5.83. The largest absolute Gasteiger partial charge is 0.372 e. The smallest absolute Gasteiger partial charge is 0.0888 e. The SMILES string of the molecule is CC1CC=CN=C1C1=CC(c2cccc(-c3cccc(-c4ccc5c(c4)nc(-c4ccccc4)c4sc6ccccc6c45)c3)c2)=CC(c2ccccn2)N1. The number of aromatic nitrogens is 2. The molecule has 5 heterocycles. The van der Waals surface area contributed by atoms with Crippen LogP contribution in [0.15, 0.2) is 181 Å². The molecule has 0 bridgehead atoms. The molecule has 2 unspecified atom stereocenters. The van der Waals surface area contributed by atoms with Crippen LogP contribution in [-0.2, 0) is 0 Å². The summed E-state index contributed by atoms with van der Waals surface area (Å²) in [5.41, 5.74) is 13.3. The highest BCUT2D eigenvalue weighted by atomic mass is 32.1. The summed E-state index contributed by atoms with van der Waals surface area (Å²) in [5, 5.41) is 7.49. The van der Waals surface area contributed by atoms with Crippen LogP contribution in [-0.4, -0.2) is 15.7 Å². The van der Waals surface area contributed by atoms with Gasteiger partial charge in [0.15, 0.2) is 0 Å². The average Bonchev–Trinajstić information content (AvgIpc) is 3.64. The Hall–Kier alpha value is -6.43. The second kappa shape index (κ2) is 13.5. The first-order valence-corrected chi connectivity index (χ1v) is 19.3. The van der Waals surface area contributed by atoms with Gasteiger partial charge in [-0.1, -0.05) is 116 Å². The second-order valence-electron chi connectivity index (χ2n) is 14.1. The maximum absolute atomic E-state index is 5.35. The summed E-state index contributed by atoms with van der Waals surface area (Å²) < 4.78 is 2.52. The van der Waals surface area contributed by atoms with Crippen LogP contribution in [0.25, 0.3) is 70.2 Å². The molecule has 4 nitrogen and oxygen atoms in total. The van der Waals surface area contributed by atoms with Gasteiger partial charge < -0.3 is 5.32 Å². The molecule has 54 heavy (non-hydrogen) atoms. The Bertz CT molecular complexity index is 2850. The number of rotatable bonds is 6. The van der Waals surface area contributed by atoms with Gasteiger partial charge in [0.25, 0.3) is 0 Å². The number of hydrogen-bond acceptors (Lipinski definition) is 5. The standard InChI is InChI=1S/C49H36N4S/c1-31-12-11-25-51-47(31)44-30-38(29-43(52-44)41-20-7-8-24-50-41)36-18-10-16-34(27-36)33-15-9-17-35(26-33)37-22-23-39-42(28-37)53-48(32-13-3-2-4-14-32)49-46(39)40-19-5-6-21-45(40)54-49/h2-11,13-31,43,52H,12H2,1H3. The van der Waals surface area contributed by atoms with Crippen molar-refractivity contribution in [1.29, 1.82) is 0 Å². The Balaban J connectivity index is 1.05. The van der Waals surface area contributed by atoms with Crippen molar-refractivity contribution >= 4 is 53.7 Å². The Morgan fingerprint density at radius 3 is 2.19 bits per heavy atom. The summed E-state index contributed by atoms with van der Waals surface area (Å²) >= 11 is 1.83. The van der Waals surface area contributed by atoms with Crippen molar-refractivity contribution in [2.24, 2.45) is 10.9 Å². The first-order chi connectivity index (χ1) is 26.7. The quantitative estimate of drug-likeness (QED) is 0.187. The summed E-state index contributed by atoms with van der Waals surface area (Å²) in [6.45, 7) is 2.24. The number of benzene rings is 5. The van der Waals surface area contributed by atoms with Crippen molar-refractivity contribution in [3.63, 3.8) is 0 Å². The van der Waals surface area contributed by atoms with Gasteiger partial charge in [-0.2, -0.15) is 0 Å². The molecule has 0 saturated carbocycles. The zero-order chi connectivity index (χ0) is 36.0. The topological polar surface area (TPSA) is 50.2 Å². The van der Waals surface area contributed by atoms with Gasteiger partial charge in [0, 0.05) is 44.7 Å². The van der Waals surface area contributed by atoms with E-state index in [1.807, 2.05) is 35.9 Å². The lowest BCUT2D eigenvalue weighted by atomic mass is 9.90. The van der Waals surface area contributed by atoms with Crippen LogP contribution < -0.4 is 5.32 Å². The van der Waals surface area contributed by atoms with Gasteiger partial charge in [-0.3, -0.25) is 9.98 Å². The fourth-order valence-corrected chi connectivity index (χ4v) is 9.10. The van der Waals surface area contributed by atoms with E-state index in [9.17, 15) is 0 Å². The molecule has 2 aliphatic rings. The van der Waals surface area contributed by atoms with Gasteiger partial charge >= 0.3 is 0 Å². The van der Waals surface area contributed by atoms with Crippen LogP contribution in [0.4, 0.5) is 0 Å².